The molecule has 2 amide bonds. The summed E-state index contributed by atoms with van der Waals surface area (Å²) in [7, 11) is 0. The fourth-order valence-electron chi connectivity index (χ4n) is 2.61. The number of aliphatic hydroxyl groups excluding tert-OH is 1. The molecular weight excluding hydrogens is 312 g/mol. The van der Waals surface area contributed by atoms with Crippen molar-refractivity contribution in [2.75, 3.05) is 6.54 Å². The number of thiophene rings is 1. The quantitative estimate of drug-likeness (QED) is 0.685. The third-order valence-corrected chi connectivity index (χ3v) is 4.94. The molecule has 2 atom stereocenters. The minimum absolute atomic E-state index is 0.00856. The first-order valence-corrected chi connectivity index (χ1v) is 8.82. The van der Waals surface area contributed by atoms with Gasteiger partial charge in [0.2, 0.25) is 0 Å². The summed E-state index contributed by atoms with van der Waals surface area (Å²) in [4.78, 5) is 13.4. The number of amides is 2. The summed E-state index contributed by atoms with van der Waals surface area (Å²) in [5.41, 5.74) is 0. The van der Waals surface area contributed by atoms with E-state index in [1.165, 1.54) is 6.26 Å². The first-order chi connectivity index (χ1) is 11.2. The Kier molecular flexibility index (Phi) is 6.67. The van der Waals surface area contributed by atoms with Gasteiger partial charge in [0.1, 0.15) is 11.9 Å². The second-order valence-corrected chi connectivity index (χ2v) is 6.43. The van der Waals surface area contributed by atoms with Crippen LogP contribution in [0.15, 0.2) is 40.3 Å². The molecule has 0 bridgehead atoms. The summed E-state index contributed by atoms with van der Waals surface area (Å²) < 4.78 is 5.12. The van der Waals surface area contributed by atoms with Gasteiger partial charge in [0.05, 0.1) is 18.8 Å². The van der Waals surface area contributed by atoms with Crippen LogP contribution in [-0.4, -0.2) is 17.7 Å². The zero-order chi connectivity index (χ0) is 16.7. The van der Waals surface area contributed by atoms with E-state index >= 15 is 0 Å². The fraction of sp³-hybridized carbons (Fsp3) is 0.471. The summed E-state index contributed by atoms with van der Waals surface area (Å²) in [6.45, 7) is 4.38. The van der Waals surface area contributed by atoms with Crippen molar-refractivity contribution in [3.63, 3.8) is 0 Å². The van der Waals surface area contributed by atoms with Crippen molar-refractivity contribution >= 4 is 17.4 Å². The summed E-state index contributed by atoms with van der Waals surface area (Å²) in [6, 6.07) is 7.15. The molecule has 0 saturated heterocycles. The minimum atomic E-state index is -0.843. The van der Waals surface area contributed by atoms with Crippen molar-refractivity contribution in [3.05, 3.63) is 46.5 Å². The smallest absolute Gasteiger partial charge is 0.315 e. The number of urea groups is 1. The van der Waals surface area contributed by atoms with Crippen molar-refractivity contribution < 1.29 is 14.3 Å². The van der Waals surface area contributed by atoms with Gasteiger partial charge in [-0.25, -0.2) is 4.79 Å². The Balaban J connectivity index is 1.92. The average molecular weight is 336 g/mol. The summed E-state index contributed by atoms with van der Waals surface area (Å²) in [5.74, 6) is 0.828. The highest BCUT2D eigenvalue weighted by Gasteiger charge is 2.23. The van der Waals surface area contributed by atoms with Gasteiger partial charge in [0, 0.05) is 4.88 Å². The van der Waals surface area contributed by atoms with Gasteiger partial charge in [0.25, 0.3) is 0 Å². The van der Waals surface area contributed by atoms with Crippen LogP contribution in [0.5, 0.6) is 0 Å². The summed E-state index contributed by atoms with van der Waals surface area (Å²) in [5, 5.41) is 17.7. The lowest BCUT2D eigenvalue weighted by atomic mass is 9.93. The lowest BCUT2D eigenvalue weighted by Crippen LogP contribution is -2.41. The molecule has 2 aromatic rings. The predicted octanol–water partition coefficient (Wildman–Crippen LogP) is 3.85. The molecule has 23 heavy (non-hydrogen) atoms. The van der Waals surface area contributed by atoms with E-state index in [-0.39, 0.29) is 18.6 Å². The van der Waals surface area contributed by atoms with Gasteiger partial charge in [-0.1, -0.05) is 32.8 Å². The van der Waals surface area contributed by atoms with Gasteiger partial charge in [-0.2, -0.15) is 0 Å². The molecule has 0 saturated carbocycles. The molecule has 0 aliphatic heterocycles. The lowest BCUT2D eigenvalue weighted by Gasteiger charge is -2.26. The minimum Gasteiger partial charge on any atom is -0.467 e. The van der Waals surface area contributed by atoms with Gasteiger partial charge in [-0.3, -0.25) is 0 Å². The van der Waals surface area contributed by atoms with Crippen LogP contribution in [0.2, 0.25) is 0 Å². The van der Waals surface area contributed by atoms with Crippen molar-refractivity contribution in [2.24, 2.45) is 5.92 Å². The van der Waals surface area contributed by atoms with Crippen molar-refractivity contribution in [2.45, 2.75) is 38.8 Å². The van der Waals surface area contributed by atoms with Crippen LogP contribution >= 0.6 is 11.3 Å². The van der Waals surface area contributed by atoms with E-state index in [1.807, 2.05) is 17.5 Å². The maximum atomic E-state index is 12.2. The molecule has 3 N–H and O–H groups in total. The molecule has 0 fully saturated rings. The van der Waals surface area contributed by atoms with E-state index in [0.717, 1.165) is 17.7 Å². The van der Waals surface area contributed by atoms with Crippen LogP contribution in [0.1, 0.15) is 49.5 Å². The van der Waals surface area contributed by atoms with Gasteiger partial charge in [0.15, 0.2) is 0 Å². The van der Waals surface area contributed by atoms with E-state index < -0.39 is 6.10 Å². The Labute approximate surface area is 140 Å². The molecule has 6 heteroatoms. The van der Waals surface area contributed by atoms with Gasteiger partial charge < -0.3 is 20.2 Å². The monoisotopic (exact) mass is 336 g/mol. The highest BCUT2D eigenvalue weighted by Crippen LogP contribution is 2.30. The Morgan fingerprint density at radius 2 is 2.09 bits per heavy atom. The number of aliphatic hydroxyl groups is 1. The van der Waals surface area contributed by atoms with Crippen molar-refractivity contribution in [1.29, 1.82) is 0 Å². The number of rotatable bonds is 8. The number of furan rings is 1. The van der Waals surface area contributed by atoms with Gasteiger partial charge in [-0.05, 0) is 29.5 Å². The molecule has 2 aromatic heterocycles. The summed E-state index contributed by atoms with van der Waals surface area (Å²) in [6.07, 6.45) is 2.64. The highest BCUT2D eigenvalue weighted by molar-refractivity contribution is 7.10. The third-order valence-electron chi connectivity index (χ3n) is 3.98. The Hall–Kier alpha value is -1.79. The third kappa shape index (κ3) is 4.84. The standard InChI is InChI=1S/C17H24N2O3S/c1-3-12(4-2)16(15-8-6-10-23-15)19-17(21)18-11-13(20)14-7-5-9-22-14/h5-10,12-13,16,20H,3-4,11H2,1-2H3,(H2,18,19,21). The average Bonchev–Trinajstić information content (AvgIpc) is 3.25. The van der Waals surface area contributed by atoms with Crippen LogP contribution in [-0.2, 0) is 0 Å². The molecule has 2 unspecified atom stereocenters. The van der Waals surface area contributed by atoms with Crippen LogP contribution < -0.4 is 10.6 Å². The molecule has 126 valence electrons. The van der Waals surface area contributed by atoms with E-state index in [4.69, 9.17) is 4.42 Å². The number of nitrogens with one attached hydrogen (secondary N) is 2. The van der Waals surface area contributed by atoms with Crippen molar-refractivity contribution in [1.82, 2.24) is 10.6 Å². The topological polar surface area (TPSA) is 74.5 Å². The number of hydrogen-bond acceptors (Lipinski definition) is 4. The van der Waals surface area contributed by atoms with Crippen LogP contribution in [0.3, 0.4) is 0 Å². The summed E-state index contributed by atoms with van der Waals surface area (Å²) >= 11 is 1.65. The predicted molar refractivity (Wildman–Crippen MR) is 91.3 cm³/mol. The number of carbonyl (C=O) groups excluding carboxylic acids is 1. The number of hydrogen-bond donors (Lipinski definition) is 3. The Morgan fingerprint density at radius 1 is 1.30 bits per heavy atom. The second kappa shape index (κ2) is 8.74. The van der Waals surface area contributed by atoms with Crippen molar-refractivity contribution in [3.8, 4) is 0 Å². The molecule has 5 nitrogen and oxygen atoms in total. The first-order valence-electron chi connectivity index (χ1n) is 7.94. The normalized spacial score (nSPS) is 13.7. The number of carbonyl (C=O) groups is 1. The molecule has 0 spiro atoms. The molecule has 0 aliphatic rings. The molecule has 0 aliphatic carbocycles. The SMILES string of the molecule is CCC(CC)C(NC(=O)NCC(O)c1ccco1)c1cccs1. The first kappa shape index (κ1) is 17.6. The van der Waals surface area contributed by atoms with Gasteiger partial charge in [-0.15, -0.1) is 11.3 Å². The zero-order valence-electron chi connectivity index (χ0n) is 13.5. The zero-order valence-corrected chi connectivity index (χ0v) is 14.3. The second-order valence-electron chi connectivity index (χ2n) is 5.46. The Morgan fingerprint density at radius 3 is 2.65 bits per heavy atom. The molecule has 0 aromatic carbocycles. The van der Waals surface area contributed by atoms with E-state index in [9.17, 15) is 9.90 Å². The van der Waals surface area contributed by atoms with E-state index in [2.05, 4.69) is 24.5 Å². The largest absolute Gasteiger partial charge is 0.467 e. The van der Waals surface area contributed by atoms with Crippen LogP contribution in [0.25, 0.3) is 0 Å². The highest BCUT2D eigenvalue weighted by atomic mass is 32.1. The fourth-order valence-corrected chi connectivity index (χ4v) is 3.48. The molecule has 0 radical (unpaired) electrons. The van der Waals surface area contributed by atoms with Crippen LogP contribution in [0.4, 0.5) is 4.79 Å². The maximum absolute atomic E-state index is 12.2. The maximum Gasteiger partial charge on any atom is 0.315 e. The molecular formula is C17H24N2O3S. The van der Waals surface area contributed by atoms with E-state index in [1.54, 1.807) is 23.5 Å². The van der Waals surface area contributed by atoms with Gasteiger partial charge >= 0.3 is 6.03 Å². The van der Waals surface area contributed by atoms with Crippen LogP contribution in [0, 0.1) is 5.92 Å². The Bertz CT molecular complexity index is 565. The van der Waals surface area contributed by atoms with E-state index in [0.29, 0.717) is 11.7 Å². The molecule has 2 heterocycles. The lowest BCUT2D eigenvalue weighted by molar-refractivity contribution is 0.147. The molecule has 2 rings (SSSR count).